The molecule has 0 aliphatic carbocycles. The van der Waals surface area contributed by atoms with E-state index in [9.17, 15) is 0 Å². The normalized spacial score (nSPS) is 16.0. The van der Waals surface area contributed by atoms with Crippen LogP contribution in [0.3, 0.4) is 0 Å². The van der Waals surface area contributed by atoms with E-state index in [4.69, 9.17) is 0 Å². The predicted octanol–water partition coefficient (Wildman–Crippen LogP) is 5.24. The zero-order valence-electron chi connectivity index (χ0n) is 16.2. The second-order valence-corrected chi connectivity index (χ2v) is 10.1. The number of hydrogen-bond acceptors (Lipinski definition) is 3. The molecule has 0 radical (unpaired) electrons. The lowest BCUT2D eigenvalue weighted by Crippen LogP contribution is -2.37. The summed E-state index contributed by atoms with van der Waals surface area (Å²) in [6.07, 6.45) is 11.9. The molecule has 3 heterocycles. The van der Waals surface area contributed by atoms with Gasteiger partial charge in [-0.25, -0.2) is 0 Å². The Labute approximate surface area is 171 Å². The predicted molar refractivity (Wildman–Crippen MR) is 121 cm³/mol. The zero-order chi connectivity index (χ0) is 18.5. The van der Waals surface area contributed by atoms with E-state index < -0.39 is 0 Å². The van der Waals surface area contributed by atoms with Gasteiger partial charge in [0.05, 0.1) is 5.75 Å². The van der Waals surface area contributed by atoms with E-state index >= 15 is 0 Å². The molecule has 0 atom stereocenters. The minimum absolute atomic E-state index is 1.06. The van der Waals surface area contributed by atoms with Crippen LogP contribution in [0.25, 0.3) is 12.2 Å². The van der Waals surface area contributed by atoms with Crippen molar-refractivity contribution in [2.45, 2.75) is 39.2 Å². The van der Waals surface area contributed by atoms with Gasteiger partial charge in [-0.05, 0) is 66.6 Å². The van der Waals surface area contributed by atoms with Gasteiger partial charge >= 0.3 is 0 Å². The molecule has 0 spiro atoms. The summed E-state index contributed by atoms with van der Waals surface area (Å²) in [7, 11) is 3.91. The second kappa shape index (κ2) is 9.20. The summed E-state index contributed by atoms with van der Waals surface area (Å²) in [4.78, 5) is 2.61. The maximum Gasteiger partial charge on any atom is 0.205 e. The fourth-order valence-electron chi connectivity index (χ4n) is 4.23. The minimum Gasteiger partial charge on any atom is -0.371 e. The van der Waals surface area contributed by atoms with Crippen LogP contribution in [0.5, 0.6) is 0 Å². The fraction of sp³-hybridized carbons (Fsp3) is 0.435. The van der Waals surface area contributed by atoms with Crippen molar-refractivity contribution in [3.05, 3.63) is 58.9 Å². The van der Waals surface area contributed by atoms with Crippen molar-refractivity contribution in [2.24, 2.45) is 0 Å². The van der Waals surface area contributed by atoms with Crippen molar-refractivity contribution < 1.29 is 4.57 Å². The molecular weight excluding hydrogens is 368 g/mol. The minimum atomic E-state index is 1.06. The first-order valence-corrected chi connectivity index (χ1v) is 12.7. The number of nitrogens with zero attached hydrogens (tertiary/aromatic N) is 2. The highest BCUT2D eigenvalue weighted by Gasteiger charge is 2.23. The molecule has 1 aromatic heterocycles. The van der Waals surface area contributed by atoms with E-state index in [1.54, 1.807) is 16.8 Å². The van der Waals surface area contributed by atoms with E-state index in [0.29, 0.717) is 0 Å². The summed E-state index contributed by atoms with van der Waals surface area (Å²) >= 11 is 0. The Kier molecular flexibility index (Phi) is 6.46. The van der Waals surface area contributed by atoms with Gasteiger partial charge in [0.2, 0.25) is 5.69 Å². The van der Waals surface area contributed by atoms with E-state index in [-0.39, 0.29) is 0 Å². The second-order valence-electron chi connectivity index (χ2n) is 7.26. The van der Waals surface area contributed by atoms with Gasteiger partial charge in [0.15, 0.2) is 12.7 Å². The maximum absolute atomic E-state index is 2.61. The van der Waals surface area contributed by atoms with Gasteiger partial charge in [-0.3, -0.25) is 0 Å². The molecule has 2 aliphatic rings. The van der Waals surface area contributed by atoms with Gasteiger partial charge in [0.25, 0.3) is 0 Å². The molecule has 0 saturated carbocycles. The molecule has 2 aromatic rings. The van der Waals surface area contributed by atoms with Crippen molar-refractivity contribution in [3.63, 3.8) is 0 Å². The van der Waals surface area contributed by atoms with Crippen molar-refractivity contribution >= 4 is 39.4 Å². The molecule has 142 valence electrons. The standard InChI is InChI=1S/C23H29N2S2/c1-2-26-27-16-15-24-12-4-3-9-22(24)11-10-19-17-20-7-5-13-25-14-6-8-21(18-19)23(20)25/h3-4,9-12,17-18H,2,5-8,13-16H2,1H3/q+1. The van der Waals surface area contributed by atoms with Crippen LogP contribution in [0.4, 0.5) is 5.69 Å². The van der Waals surface area contributed by atoms with Crippen LogP contribution in [0.2, 0.25) is 0 Å². The van der Waals surface area contributed by atoms with Crippen molar-refractivity contribution in [1.29, 1.82) is 0 Å². The Bertz CT molecular complexity index is 785. The first-order chi connectivity index (χ1) is 13.3. The molecule has 4 heteroatoms. The smallest absolute Gasteiger partial charge is 0.205 e. The highest BCUT2D eigenvalue weighted by atomic mass is 33.1. The maximum atomic E-state index is 2.61. The topological polar surface area (TPSA) is 7.12 Å². The first-order valence-electron chi connectivity index (χ1n) is 10.2. The van der Waals surface area contributed by atoms with Crippen LogP contribution in [-0.2, 0) is 19.4 Å². The molecular formula is C23H29N2S2+. The largest absolute Gasteiger partial charge is 0.371 e. The van der Waals surface area contributed by atoms with Gasteiger partial charge in [0.1, 0.15) is 0 Å². The number of hydrogen-bond donors (Lipinski definition) is 0. The number of benzene rings is 1. The average Bonchev–Trinajstić information content (AvgIpc) is 2.71. The highest BCUT2D eigenvalue weighted by molar-refractivity contribution is 8.76. The summed E-state index contributed by atoms with van der Waals surface area (Å²) in [6.45, 7) is 5.76. The summed E-state index contributed by atoms with van der Waals surface area (Å²) in [5.74, 6) is 2.32. The van der Waals surface area contributed by atoms with Crippen LogP contribution in [0, 0.1) is 0 Å². The van der Waals surface area contributed by atoms with Gasteiger partial charge in [-0.15, -0.1) is 0 Å². The van der Waals surface area contributed by atoms with Crippen LogP contribution in [-0.4, -0.2) is 24.6 Å². The van der Waals surface area contributed by atoms with E-state index in [0.717, 1.165) is 12.3 Å². The third kappa shape index (κ3) is 4.55. The van der Waals surface area contributed by atoms with Crippen LogP contribution in [0.15, 0.2) is 36.5 Å². The molecule has 2 aliphatic heterocycles. The van der Waals surface area contributed by atoms with E-state index in [2.05, 4.69) is 65.1 Å². The van der Waals surface area contributed by atoms with Gasteiger partial charge < -0.3 is 4.90 Å². The quantitative estimate of drug-likeness (QED) is 0.358. The average molecular weight is 398 g/mol. The van der Waals surface area contributed by atoms with Crippen molar-refractivity contribution in [1.82, 2.24) is 0 Å². The van der Waals surface area contributed by atoms with E-state index in [1.807, 2.05) is 21.6 Å². The third-order valence-electron chi connectivity index (χ3n) is 5.39. The summed E-state index contributed by atoms with van der Waals surface area (Å²) < 4.78 is 2.36. The Balaban J connectivity index is 1.54. The Morgan fingerprint density at radius 1 is 1.04 bits per heavy atom. The summed E-state index contributed by atoms with van der Waals surface area (Å²) in [5, 5.41) is 0. The third-order valence-corrected chi connectivity index (χ3v) is 7.85. The van der Waals surface area contributed by atoms with Gasteiger partial charge in [-0.1, -0.05) is 28.5 Å². The molecule has 27 heavy (non-hydrogen) atoms. The number of pyridine rings is 1. The van der Waals surface area contributed by atoms with Gasteiger partial charge in [0, 0.05) is 42.7 Å². The molecule has 0 unspecified atom stereocenters. The zero-order valence-corrected chi connectivity index (χ0v) is 17.8. The number of aromatic nitrogens is 1. The van der Waals surface area contributed by atoms with Gasteiger partial charge in [-0.2, -0.15) is 4.57 Å². The highest BCUT2D eigenvalue weighted by Crippen LogP contribution is 2.36. The lowest BCUT2D eigenvalue weighted by atomic mass is 9.90. The van der Waals surface area contributed by atoms with Crippen LogP contribution in [0.1, 0.15) is 42.1 Å². The molecule has 0 amide bonds. The molecule has 0 N–H and O–H groups in total. The molecule has 2 nitrogen and oxygen atoms in total. The Hall–Kier alpha value is -1.39. The first kappa shape index (κ1) is 18.9. The monoisotopic (exact) mass is 397 g/mol. The van der Waals surface area contributed by atoms with Crippen LogP contribution >= 0.6 is 21.6 Å². The fourth-order valence-corrected chi connectivity index (χ4v) is 5.86. The van der Waals surface area contributed by atoms with E-state index in [1.165, 1.54) is 55.8 Å². The van der Waals surface area contributed by atoms with Crippen molar-refractivity contribution in [3.8, 4) is 0 Å². The number of rotatable bonds is 7. The summed E-state index contributed by atoms with van der Waals surface area (Å²) in [6, 6.07) is 11.3. The van der Waals surface area contributed by atoms with Crippen LogP contribution < -0.4 is 9.47 Å². The van der Waals surface area contributed by atoms with Crippen molar-refractivity contribution in [2.75, 3.05) is 29.5 Å². The number of aryl methyl sites for hydroxylation is 3. The molecule has 0 saturated heterocycles. The lowest BCUT2D eigenvalue weighted by molar-refractivity contribution is -0.694. The molecule has 0 bridgehead atoms. The molecule has 1 aromatic carbocycles. The Morgan fingerprint density at radius 3 is 2.56 bits per heavy atom. The molecule has 4 rings (SSSR count). The Morgan fingerprint density at radius 2 is 1.81 bits per heavy atom. The SMILES string of the molecule is CCSSCC[n+]1ccccc1/C=C/c1cc2c3c(c1)CCCN3CCC2. The lowest BCUT2D eigenvalue weighted by Gasteiger charge is -2.37. The number of anilines is 1. The molecule has 0 fully saturated rings. The summed E-state index contributed by atoms with van der Waals surface area (Å²) in [5.41, 5.74) is 7.33.